The summed E-state index contributed by atoms with van der Waals surface area (Å²) in [5.41, 5.74) is -0.0929. The highest BCUT2D eigenvalue weighted by Gasteiger charge is 2.26. The second kappa shape index (κ2) is 5.48. The number of nitrogens with zero attached hydrogens (tertiary/aromatic N) is 1. The molecular weight excluding hydrogens is 236 g/mol. The number of aliphatic carboxylic acids is 1. The highest BCUT2D eigenvalue weighted by Crippen LogP contribution is 2.17. The quantitative estimate of drug-likeness (QED) is 0.770. The lowest BCUT2D eigenvalue weighted by Gasteiger charge is -2.20. The lowest BCUT2D eigenvalue weighted by molar-refractivity contribution is -0.146. The van der Waals surface area contributed by atoms with Gasteiger partial charge in [-0.1, -0.05) is 0 Å². The summed E-state index contributed by atoms with van der Waals surface area (Å²) in [6.45, 7) is 3.47. The molecule has 0 fully saturated rings. The summed E-state index contributed by atoms with van der Waals surface area (Å²) in [5, 5.41) is 11.9. The zero-order chi connectivity index (χ0) is 13.8. The van der Waals surface area contributed by atoms with E-state index in [9.17, 15) is 9.59 Å². The lowest BCUT2D eigenvalue weighted by Crippen LogP contribution is -2.31. The Morgan fingerprint density at radius 2 is 2.17 bits per heavy atom. The van der Waals surface area contributed by atoms with Gasteiger partial charge >= 0.3 is 11.9 Å². The van der Waals surface area contributed by atoms with Crippen LogP contribution in [-0.4, -0.2) is 35.7 Å². The van der Waals surface area contributed by atoms with Gasteiger partial charge in [0.15, 0.2) is 0 Å². The van der Waals surface area contributed by atoms with Gasteiger partial charge in [0.1, 0.15) is 5.69 Å². The zero-order valence-electron chi connectivity index (χ0n) is 10.6. The molecule has 98 valence electrons. The van der Waals surface area contributed by atoms with Gasteiger partial charge in [0, 0.05) is 18.4 Å². The van der Waals surface area contributed by atoms with E-state index >= 15 is 0 Å². The molecule has 0 radical (unpaired) electrons. The number of aromatic nitrogens is 1. The van der Waals surface area contributed by atoms with Crippen molar-refractivity contribution in [3.05, 3.63) is 24.0 Å². The van der Waals surface area contributed by atoms with Crippen molar-refractivity contribution in [2.45, 2.75) is 13.8 Å². The van der Waals surface area contributed by atoms with E-state index in [1.807, 2.05) is 0 Å². The monoisotopic (exact) mass is 252 g/mol. The number of nitrogens with one attached hydrogen (secondary N) is 1. The van der Waals surface area contributed by atoms with Crippen molar-refractivity contribution in [2.75, 3.05) is 19.0 Å². The molecule has 1 aromatic heterocycles. The van der Waals surface area contributed by atoms with Crippen molar-refractivity contribution < 1.29 is 19.4 Å². The van der Waals surface area contributed by atoms with E-state index in [1.165, 1.54) is 19.4 Å². The SMILES string of the molecule is COC(=O)c1cc(NCC(C)(C)C(=O)O)ccn1. The summed E-state index contributed by atoms with van der Waals surface area (Å²) < 4.78 is 4.55. The van der Waals surface area contributed by atoms with Crippen molar-refractivity contribution in [1.29, 1.82) is 0 Å². The van der Waals surface area contributed by atoms with Crippen LogP contribution < -0.4 is 5.32 Å². The van der Waals surface area contributed by atoms with Crippen LogP contribution in [-0.2, 0) is 9.53 Å². The Balaban J connectivity index is 2.74. The fraction of sp³-hybridized carbons (Fsp3) is 0.417. The van der Waals surface area contributed by atoms with Crippen molar-refractivity contribution in [2.24, 2.45) is 5.41 Å². The number of carboxylic acid groups (broad SMARTS) is 1. The largest absolute Gasteiger partial charge is 0.481 e. The van der Waals surface area contributed by atoms with Gasteiger partial charge in [0.05, 0.1) is 12.5 Å². The number of carbonyl (C=O) groups is 2. The first-order chi connectivity index (χ1) is 8.36. The Bertz CT molecular complexity index is 457. The molecule has 6 heteroatoms. The normalized spacial score (nSPS) is 10.8. The number of esters is 1. The summed E-state index contributed by atoms with van der Waals surface area (Å²) in [5.74, 6) is -1.42. The van der Waals surface area contributed by atoms with Gasteiger partial charge in [0.25, 0.3) is 0 Å². The lowest BCUT2D eigenvalue weighted by atomic mass is 9.94. The second-order valence-corrected chi connectivity index (χ2v) is 4.46. The predicted molar refractivity (Wildman–Crippen MR) is 65.5 cm³/mol. The minimum atomic E-state index is -0.894. The van der Waals surface area contributed by atoms with Crippen LogP contribution in [0.5, 0.6) is 0 Å². The van der Waals surface area contributed by atoms with Crippen LogP contribution in [0.4, 0.5) is 5.69 Å². The smallest absolute Gasteiger partial charge is 0.356 e. The van der Waals surface area contributed by atoms with Crippen LogP contribution in [0.3, 0.4) is 0 Å². The Kier molecular flexibility index (Phi) is 4.25. The van der Waals surface area contributed by atoms with E-state index in [4.69, 9.17) is 5.11 Å². The maximum absolute atomic E-state index is 11.3. The van der Waals surface area contributed by atoms with Crippen LogP contribution in [0, 0.1) is 5.41 Å². The van der Waals surface area contributed by atoms with E-state index in [0.717, 1.165) is 0 Å². The van der Waals surface area contributed by atoms with Crippen LogP contribution in [0.1, 0.15) is 24.3 Å². The molecule has 1 heterocycles. The first-order valence-corrected chi connectivity index (χ1v) is 5.38. The number of anilines is 1. The minimum Gasteiger partial charge on any atom is -0.481 e. The summed E-state index contributed by atoms with van der Waals surface area (Å²) in [6.07, 6.45) is 1.46. The molecule has 0 spiro atoms. The molecule has 0 atom stereocenters. The van der Waals surface area contributed by atoms with Gasteiger partial charge in [-0.15, -0.1) is 0 Å². The molecule has 0 saturated carbocycles. The third-order valence-electron chi connectivity index (χ3n) is 2.47. The fourth-order valence-electron chi connectivity index (χ4n) is 1.16. The van der Waals surface area contributed by atoms with E-state index in [2.05, 4.69) is 15.0 Å². The van der Waals surface area contributed by atoms with Crippen molar-refractivity contribution in [3.63, 3.8) is 0 Å². The molecule has 0 amide bonds. The van der Waals surface area contributed by atoms with Gasteiger partial charge in [0.2, 0.25) is 0 Å². The molecule has 0 aliphatic heterocycles. The number of carbonyl (C=O) groups excluding carboxylic acids is 1. The number of methoxy groups -OCH3 is 1. The van der Waals surface area contributed by atoms with Crippen LogP contribution >= 0.6 is 0 Å². The molecule has 1 aromatic rings. The molecular formula is C12H16N2O4. The summed E-state index contributed by atoms with van der Waals surface area (Å²) in [6, 6.07) is 3.17. The van der Waals surface area contributed by atoms with Crippen LogP contribution in [0.2, 0.25) is 0 Å². The van der Waals surface area contributed by atoms with Gasteiger partial charge in [-0.05, 0) is 26.0 Å². The first-order valence-electron chi connectivity index (χ1n) is 5.38. The Labute approximate surface area is 105 Å². The number of pyridine rings is 1. The molecule has 0 saturated heterocycles. The van der Waals surface area contributed by atoms with Crippen molar-refractivity contribution >= 4 is 17.6 Å². The third-order valence-corrected chi connectivity index (χ3v) is 2.47. The minimum absolute atomic E-state index is 0.177. The number of carboxylic acids is 1. The topological polar surface area (TPSA) is 88.5 Å². The molecule has 6 nitrogen and oxygen atoms in total. The van der Waals surface area contributed by atoms with E-state index in [-0.39, 0.29) is 12.2 Å². The predicted octanol–water partition coefficient (Wildman–Crippen LogP) is 1.39. The molecule has 0 unspecified atom stereocenters. The molecule has 2 N–H and O–H groups in total. The highest BCUT2D eigenvalue weighted by molar-refractivity contribution is 5.88. The Morgan fingerprint density at radius 3 is 2.72 bits per heavy atom. The first kappa shape index (κ1) is 14.0. The van der Waals surface area contributed by atoms with Crippen molar-refractivity contribution in [1.82, 2.24) is 4.98 Å². The molecule has 0 bridgehead atoms. The number of hydrogen-bond acceptors (Lipinski definition) is 5. The summed E-state index contributed by atoms with van der Waals surface area (Å²) in [4.78, 5) is 26.1. The van der Waals surface area contributed by atoms with Gasteiger partial charge in [-0.25, -0.2) is 9.78 Å². The molecule has 0 aliphatic carbocycles. The summed E-state index contributed by atoms with van der Waals surface area (Å²) in [7, 11) is 1.28. The van der Waals surface area contributed by atoms with Crippen molar-refractivity contribution in [3.8, 4) is 0 Å². The van der Waals surface area contributed by atoms with E-state index in [1.54, 1.807) is 19.9 Å². The third kappa shape index (κ3) is 3.44. The average Bonchev–Trinajstić information content (AvgIpc) is 2.35. The number of ether oxygens (including phenoxy) is 1. The molecule has 0 aromatic carbocycles. The summed E-state index contributed by atoms with van der Waals surface area (Å²) >= 11 is 0. The maximum Gasteiger partial charge on any atom is 0.356 e. The molecule has 18 heavy (non-hydrogen) atoms. The van der Waals surface area contributed by atoms with E-state index in [0.29, 0.717) is 5.69 Å². The highest BCUT2D eigenvalue weighted by atomic mass is 16.5. The Morgan fingerprint density at radius 1 is 1.50 bits per heavy atom. The van der Waals surface area contributed by atoms with E-state index < -0.39 is 17.4 Å². The van der Waals surface area contributed by atoms with Crippen LogP contribution in [0.25, 0.3) is 0 Å². The number of rotatable bonds is 5. The molecule has 0 aliphatic rings. The Hall–Kier alpha value is -2.11. The standard InChI is InChI=1S/C12H16N2O4/c1-12(2,11(16)17)7-14-8-4-5-13-9(6-8)10(15)18-3/h4-6H,7H2,1-3H3,(H,13,14)(H,16,17). The number of hydrogen-bond donors (Lipinski definition) is 2. The van der Waals surface area contributed by atoms with Gasteiger partial charge in [-0.2, -0.15) is 0 Å². The maximum atomic E-state index is 11.3. The zero-order valence-corrected chi connectivity index (χ0v) is 10.6. The van der Waals surface area contributed by atoms with Gasteiger partial charge < -0.3 is 15.2 Å². The molecule has 1 rings (SSSR count). The average molecular weight is 252 g/mol. The fourth-order valence-corrected chi connectivity index (χ4v) is 1.16. The van der Waals surface area contributed by atoms with Crippen LogP contribution in [0.15, 0.2) is 18.3 Å². The van der Waals surface area contributed by atoms with Gasteiger partial charge in [-0.3, -0.25) is 4.79 Å². The second-order valence-electron chi connectivity index (χ2n) is 4.46.